The molecule has 0 unspecified atom stereocenters. The van der Waals surface area contributed by atoms with Crippen LogP contribution in [0.3, 0.4) is 0 Å². The van der Waals surface area contributed by atoms with Crippen molar-refractivity contribution in [2.75, 3.05) is 24.8 Å². The van der Waals surface area contributed by atoms with E-state index in [2.05, 4.69) is 11.0 Å². The maximum atomic E-state index is 12.3. The molecule has 0 fully saturated rings. The average molecular weight is 329 g/mol. The van der Waals surface area contributed by atoms with Gasteiger partial charge in [-0.05, 0) is 12.1 Å². The predicted molar refractivity (Wildman–Crippen MR) is 74.3 cm³/mol. The fourth-order valence-electron chi connectivity index (χ4n) is 0.993. The van der Waals surface area contributed by atoms with Gasteiger partial charge in [-0.1, -0.05) is 18.2 Å². The van der Waals surface area contributed by atoms with Gasteiger partial charge in [0, 0.05) is 24.8 Å². The number of nitrogens with one attached hydrogen (secondary N) is 2. The van der Waals surface area contributed by atoms with Crippen molar-refractivity contribution in [2.45, 2.75) is 0 Å². The van der Waals surface area contributed by atoms with Gasteiger partial charge in [-0.3, -0.25) is 0 Å². The van der Waals surface area contributed by atoms with E-state index in [1.807, 2.05) is 0 Å². The summed E-state index contributed by atoms with van der Waals surface area (Å²) in [5, 5.41) is 0. The van der Waals surface area contributed by atoms with Gasteiger partial charge in [0.1, 0.15) is 5.75 Å². The normalized spacial score (nSPS) is 11.5. The molecule has 1 aromatic rings. The monoisotopic (exact) mass is 328 g/mol. The van der Waals surface area contributed by atoms with Gasteiger partial charge < -0.3 is 4.52 Å². The lowest BCUT2D eigenvalue weighted by Crippen LogP contribution is -2.23. The molecule has 0 aromatic heterocycles. The van der Waals surface area contributed by atoms with E-state index in [1.165, 1.54) is 0 Å². The van der Waals surface area contributed by atoms with Crippen LogP contribution in [0.5, 0.6) is 5.75 Å². The molecule has 0 bridgehead atoms. The molecule has 0 radical (unpaired) electrons. The first kappa shape index (κ1) is 16.7. The second kappa shape index (κ2) is 9.55. The van der Waals surface area contributed by atoms with Crippen molar-refractivity contribution in [1.82, 2.24) is 11.0 Å². The molecular weight excluding hydrogens is 314 g/mol. The molecule has 0 heterocycles. The van der Waals surface area contributed by atoms with Crippen molar-refractivity contribution in [3.05, 3.63) is 30.3 Å². The number of para-hydroxylation sites is 1. The standard InChI is InChI=1S/C10H15Cl2N2O4P/c11-6-8-13-17-19(15,18-14-9-7-12)16-10-4-2-1-3-5-10/h1-5,13-14H,6-9H2. The van der Waals surface area contributed by atoms with Crippen LogP contribution in [-0.2, 0) is 13.8 Å². The maximum Gasteiger partial charge on any atom is 0.563 e. The fourth-order valence-corrected chi connectivity index (χ4v) is 2.14. The van der Waals surface area contributed by atoms with E-state index in [9.17, 15) is 4.57 Å². The summed E-state index contributed by atoms with van der Waals surface area (Å²) in [6.07, 6.45) is 0. The third-order valence-electron chi connectivity index (χ3n) is 1.71. The van der Waals surface area contributed by atoms with Crippen molar-refractivity contribution in [2.24, 2.45) is 0 Å². The Labute approximate surface area is 121 Å². The number of halogens is 2. The second-order valence-electron chi connectivity index (χ2n) is 3.20. The minimum atomic E-state index is -3.84. The molecule has 19 heavy (non-hydrogen) atoms. The van der Waals surface area contributed by atoms with Crippen molar-refractivity contribution in [3.63, 3.8) is 0 Å². The highest BCUT2D eigenvalue weighted by Crippen LogP contribution is 2.47. The lowest BCUT2D eigenvalue weighted by atomic mass is 10.3. The van der Waals surface area contributed by atoms with Crippen LogP contribution in [0.25, 0.3) is 0 Å². The summed E-state index contributed by atoms with van der Waals surface area (Å²) in [6.45, 7) is 0.588. The molecule has 108 valence electrons. The Balaban J connectivity index is 2.59. The third kappa shape index (κ3) is 7.13. The third-order valence-corrected chi connectivity index (χ3v) is 3.22. The summed E-state index contributed by atoms with van der Waals surface area (Å²) in [5.74, 6) is 0.937. The smallest absolute Gasteiger partial charge is 0.402 e. The number of alkyl halides is 2. The molecule has 1 rings (SSSR count). The molecule has 0 amide bonds. The number of hydroxylamine groups is 2. The largest absolute Gasteiger partial charge is 0.563 e. The Bertz CT molecular complexity index is 382. The molecule has 6 nitrogen and oxygen atoms in total. The molecule has 0 saturated heterocycles. The van der Waals surface area contributed by atoms with Gasteiger partial charge in [0.25, 0.3) is 0 Å². The Hall–Kier alpha value is -0.330. The summed E-state index contributed by atoms with van der Waals surface area (Å²) in [7, 11) is -3.84. The quantitative estimate of drug-likeness (QED) is 0.298. The van der Waals surface area contributed by atoms with Gasteiger partial charge >= 0.3 is 7.82 Å². The molecular formula is C10H15Cl2N2O4P. The van der Waals surface area contributed by atoms with E-state index in [1.54, 1.807) is 30.3 Å². The summed E-state index contributed by atoms with van der Waals surface area (Å²) >= 11 is 10.9. The van der Waals surface area contributed by atoms with Crippen molar-refractivity contribution in [3.8, 4) is 5.75 Å². The number of rotatable bonds is 10. The molecule has 0 atom stereocenters. The van der Waals surface area contributed by atoms with E-state index >= 15 is 0 Å². The predicted octanol–water partition coefficient (Wildman–Crippen LogP) is 2.69. The van der Waals surface area contributed by atoms with Gasteiger partial charge in [-0.25, -0.2) is 4.57 Å². The molecule has 0 spiro atoms. The Morgan fingerprint density at radius 3 is 2.00 bits per heavy atom. The number of hydrogen-bond donors (Lipinski definition) is 2. The van der Waals surface area contributed by atoms with Crippen molar-refractivity contribution >= 4 is 31.0 Å². The van der Waals surface area contributed by atoms with Crippen LogP contribution >= 0.6 is 31.0 Å². The van der Waals surface area contributed by atoms with Gasteiger partial charge in [-0.15, -0.1) is 23.2 Å². The molecule has 0 aliphatic rings. The highest BCUT2D eigenvalue weighted by atomic mass is 35.5. The van der Waals surface area contributed by atoms with Gasteiger partial charge in [-0.2, -0.15) is 20.2 Å². The van der Waals surface area contributed by atoms with Crippen LogP contribution < -0.4 is 15.5 Å². The first-order chi connectivity index (χ1) is 9.20. The van der Waals surface area contributed by atoms with Crippen LogP contribution in [0.4, 0.5) is 0 Å². The zero-order valence-electron chi connectivity index (χ0n) is 10.1. The Morgan fingerprint density at radius 2 is 1.53 bits per heavy atom. The fraction of sp³-hybridized carbons (Fsp3) is 0.400. The van der Waals surface area contributed by atoms with Crippen LogP contribution in [0.15, 0.2) is 30.3 Å². The Morgan fingerprint density at radius 1 is 1.00 bits per heavy atom. The number of hydrogen-bond acceptors (Lipinski definition) is 6. The van der Waals surface area contributed by atoms with Gasteiger partial charge in [0.05, 0.1) is 0 Å². The highest BCUT2D eigenvalue weighted by Gasteiger charge is 2.30. The van der Waals surface area contributed by atoms with Crippen LogP contribution in [0.1, 0.15) is 0 Å². The van der Waals surface area contributed by atoms with Crippen molar-refractivity contribution in [1.29, 1.82) is 0 Å². The van der Waals surface area contributed by atoms with Gasteiger partial charge in [0.15, 0.2) is 0 Å². The van der Waals surface area contributed by atoms with E-state index < -0.39 is 7.82 Å². The van der Waals surface area contributed by atoms with Crippen LogP contribution in [0.2, 0.25) is 0 Å². The van der Waals surface area contributed by atoms with E-state index in [0.717, 1.165) is 0 Å². The summed E-state index contributed by atoms with van der Waals surface area (Å²) < 4.78 is 27.2. The van der Waals surface area contributed by atoms with E-state index in [0.29, 0.717) is 30.6 Å². The second-order valence-corrected chi connectivity index (χ2v) is 5.40. The summed E-state index contributed by atoms with van der Waals surface area (Å²) in [4.78, 5) is 0. The SMILES string of the molecule is O=P(ONCCCl)(ONCCCl)Oc1ccccc1. The molecule has 1 aromatic carbocycles. The minimum Gasteiger partial charge on any atom is -0.402 e. The lowest BCUT2D eigenvalue weighted by molar-refractivity contribution is 0.0706. The molecule has 2 N–H and O–H groups in total. The number of benzene rings is 1. The topological polar surface area (TPSA) is 68.8 Å². The maximum absolute atomic E-state index is 12.3. The van der Waals surface area contributed by atoms with E-state index in [4.69, 9.17) is 37.0 Å². The summed E-state index contributed by atoms with van der Waals surface area (Å²) in [6, 6.07) is 8.53. The van der Waals surface area contributed by atoms with Crippen molar-refractivity contribution < 1.29 is 18.3 Å². The van der Waals surface area contributed by atoms with Gasteiger partial charge in [0.2, 0.25) is 0 Å². The summed E-state index contributed by atoms with van der Waals surface area (Å²) in [5.41, 5.74) is 4.81. The molecule has 9 heteroatoms. The highest BCUT2D eigenvalue weighted by molar-refractivity contribution is 7.48. The van der Waals surface area contributed by atoms with E-state index in [-0.39, 0.29) is 0 Å². The molecule has 0 aliphatic carbocycles. The lowest BCUT2D eigenvalue weighted by Gasteiger charge is -2.17. The average Bonchev–Trinajstić information content (AvgIpc) is 2.40. The Kier molecular flexibility index (Phi) is 8.41. The first-order valence-electron chi connectivity index (χ1n) is 5.49. The van der Waals surface area contributed by atoms with Crippen LogP contribution in [-0.4, -0.2) is 24.8 Å². The first-order valence-corrected chi connectivity index (χ1v) is 8.02. The molecule has 0 aliphatic heterocycles. The minimum absolute atomic E-state index is 0.292. The zero-order valence-corrected chi connectivity index (χ0v) is 12.5. The van der Waals surface area contributed by atoms with Crippen LogP contribution in [0, 0.1) is 0 Å². The number of phosphoric acid groups is 1. The molecule has 0 saturated carbocycles. The zero-order chi connectivity index (χ0) is 14.0.